The third-order valence-corrected chi connectivity index (χ3v) is 6.22. The zero-order chi connectivity index (χ0) is 24.6. The molecule has 0 aromatic rings. The molecular weight excluding hydrogens is 460 g/mol. The monoisotopic (exact) mass is 490 g/mol. The van der Waals surface area contributed by atoms with Gasteiger partial charge in [0.05, 0.1) is 12.6 Å². The second kappa shape index (κ2) is 9.43. The Morgan fingerprint density at radius 2 is 1.85 bits per heavy atom. The lowest BCUT2D eigenvalue weighted by atomic mass is 9.97. The molecule has 0 radical (unpaired) electrons. The van der Waals surface area contributed by atoms with Crippen LogP contribution in [0.2, 0.25) is 0 Å². The van der Waals surface area contributed by atoms with Gasteiger partial charge < -0.3 is 20.3 Å². The van der Waals surface area contributed by atoms with Gasteiger partial charge in [0.25, 0.3) is 0 Å². The number of hydroxylamine groups is 2. The van der Waals surface area contributed by atoms with Gasteiger partial charge in [-0.05, 0) is 46.5 Å². The summed E-state index contributed by atoms with van der Waals surface area (Å²) in [4.78, 5) is 51.0. The molecule has 13 nitrogen and oxygen atoms in total. The first-order valence-corrected chi connectivity index (χ1v) is 12.2. The number of fused-ring (bicyclic) bond motifs is 2. The normalized spacial score (nSPS) is 27.5. The van der Waals surface area contributed by atoms with Crippen LogP contribution in [0.15, 0.2) is 0 Å². The average Bonchev–Trinajstić information content (AvgIpc) is 3.22. The Labute approximate surface area is 192 Å². The molecule has 1 saturated carbocycles. The Morgan fingerprint density at radius 3 is 2.48 bits per heavy atom. The van der Waals surface area contributed by atoms with Crippen molar-refractivity contribution in [1.82, 2.24) is 20.6 Å². The van der Waals surface area contributed by atoms with Gasteiger partial charge in [0, 0.05) is 18.5 Å². The molecule has 2 heterocycles. The summed E-state index contributed by atoms with van der Waals surface area (Å²) in [5, 5.41) is 5.84. The minimum atomic E-state index is -4.88. The number of ketones is 1. The lowest BCUT2D eigenvalue weighted by Crippen LogP contribution is -2.51. The molecule has 3 aliphatic rings. The maximum Gasteiger partial charge on any atom is 0.418 e. The van der Waals surface area contributed by atoms with Gasteiger partial charge in [0.1, 0.15) is 11.6 Å². The molecule has 4 amide bonds. The van der Waals surface area contributed by atoms with Crippen LogP contribution in [-0.2, 0) is 29.0 Å². The summed E-state index contributed by atoms with van der Waals surface area (Å²) in [5.74, 6) is -1.24. The fraction of sp³-hybridized carbons (Fsp3) is 0.789. The molecular formula is C19H30N4O9S. The predicted octanol–water partition coefficient (Wildman–Crippen LogP) is 0.368. The van der Waals surface area contributed by atoms with E-state index in [1.165, 1.54) is 0 Å². The van der Waals surface area contributed by atoms with Crippen LogP contribution in [0.5, 0.6) is 0 Å². The second-order valence-electron chi connectivity index (χ2n) is 9.48. The molecule has 2 aliphatic heterocycles. The van der Waals surface area contributed by atoms with Crippen LogP contribution in [0.4, 0.5) is 9.59 Å². The molecule has 4 atom stereocenters. The van der Waals surface area contributed by atoms with Crippen molar-refractivity contribution in [2.75, 3.05) is 13.1 Å². The summed E-state index contributed by atoms with van der Waals surface area (Å²) in [6.07, 6.45) is 1.88. The van der Waals surface area contributed by atoms with Crippen LogP contribution in [0.1, 0.15) is 52.9 Å². The van der Waals surface area contributed by atoms with E-state index in [9.17, 15) is 27.6 Å². The molecule has 0 aromatic carbocycles. The third kappa shape index (κ3) is 6.32. The van der Waals surface area contributed by atoms with Crippen LogP contribution in [0, 0.1) is 5.92 Å². The van der Waals surface area contributed by atoms with E-state index in [1.54, 1.807) is 20.8 Å². The number of carbonyl (C=O) groups is 4. The van der Waals surface area contributed by atoms with Gasteiger partial charge in [-0.15, -0.1) is 4.28 Å². The number of rotatable bonds is 7. The quantitative estimate of drug-likeness (QED) is 0.426. The Hall–Kier alpha value is -2.45. The minimum Gasteiger partial charge on any atom is -0.444 e. The number of urea groups is 1. The van der Waals surface area contributed by atoms with Crippen LogP contribution in [-0.4, -0.2) is 83.6 Å². The van der Waals surface area contributed by atoms with Gasteiger partial charge in [-0.2, -0.15) is 13.5 Å². The largest absolute Gasteiger partial charge is 0.444 e. The Balaban J connectivity index is 1.53. The standard InChI is InChI=1S/C19H30N4O9S/c1-19(2,3)31-17(26)21-13-6-4-5-12(13)15(24)9-20-16(25)14-8-7-11-10-22(14)18(27)23(11)32-33(28,29)30/h11-14H,4-10H2,1-3H3,(H,20,25)(H,21,26)(H,28,29,30)/t11-,12-,13-,14+/m1/s1. The maximum atomic E-state index is 12.7. The van der Waals surface area contributed by atoms with E-state index < -0.39 is 52.0 Å². The fourth-order valence-electron chi connectivity index (χ4n) is 4.50. The van der Waals surface area contributed by atoms with E-state index in [4.69, 9.17) is 9.29 Å². The summed E-state index contributed by atoms with van der Waals surface area (Å²) >= 11 is 0. The summed E-state index contributed by atoms with van der Waals surface area (Å²) in [6.45, 7) is 5.03. The number of hydrogen-bond acceptors (Lipinski definition) is 8. The molecule has 0 unspecified atom stereocenters. The number of ether oxygens (including phenoxy) is 1. The first-order valence-electron chi connectivity index (χ1n) is 10.8. The summed E-state index contributed by atoms with van der Waals surface area (Å²) in [7, 11) is -4.88. The van der Waals surface area contributed by atoms with Gasteiger partial charge in [-0.25, -0.2) is 9.59 Å². The van der Waals surface area contributed by atoms with Gasteiger partial charge in [-0.3, -0.25) is 14.1 Å². The number of piperidine rings is 1. The molecule has 14 heteroatoms. The topological polar surface area (TPSA) is 172 Å². The van der Waals surface area contributed by atoms with Crippen molar-refractivity contribution in [3.8, 4) is 0 Å². The highest BCUT2D eigenvalue weighted by atomic mass is 32.3. The number of nitrogens with one attached hydrogen (secondary N) is 2. The second-order valence-corrected chi connectivity index (χ2v) is 10.5. The first-order chi connectivity index (χ1) is 15.2. The summed E-state index contributed by atoms with van der Waals surface area (Å²) < 4.78 is 40.4. The molecule has 0 spiro atoms. The van der Waals surface area contributed by atoms with E-state index in [0.29, 0.717) is 17.9 Å². The van der Waals surface area contributed by atoms with Crippen LogP contribution < -0.4 is 10.6 Å². The molecule has 3 fully saturated rings. The number of Topliss-reactive ketones (excluding diaryl/α,β-unsaturated/α-hetero) is 1. The molecule has 33 heavy (non-hydrogen) atoms. The lowest BCUT2D eigenvalue weighted by molar-refractivity contribution is -0.130. The summed E-state index contributed by atoms with van der Waals surface area (Å²) in [6, 6.07) is -2.73. The zero-order valence-electron chi connectivity index (χ0n) is 18.8. The predicted molar refractivity (Wildman–Crippen MR) is 112 cm³/mol. The zero-order valence-corrected chi connectivity index (χ0v) is 19.6. The maximum absolute atomic E-state index is 12.7. The van der Waals surface area contributed by atoms with E-state index in [0.717, 1.165) is 11.3 Å². The highest BCUT2D eigenvalue weighted by molar-refractivity contribution is 7.80. The number of amides is 4. The molecule has 0 aromatic heterocycles. The van der Waals surface area contributed by atoms with Crippen LogP contribution >= 0.6 is 0 Å². The van der Waals surface area contributed by atoms with Gasteiger partial charge in [-0.1, -0.05) is 6.42 Å². The van der Waals surface area contributed by atoms with Gasteiger partial charge in [0.2, 0.25) is 5.91 Å². The SMILES string of the molecule is CC(C)(C)OC(=O)N[C@@H]1CCC[C@H]1C(=O)CNC(=O)[C@@H]1CC[C@@H]2CN1C(=O)N2OS(=O)(=O)O. The van der Waals surface area contributed by atoms with Crippen molar-refractivity contribution in [3.05, 3.63) is 0 Å². The number of carbonyl (C=O) groups excluding carboxylic acids is 4. The highest BCUT2D eigenvalue weighted by Crippen LogP contribution is 2.31. The Kier molecular flexibility index (Phi) is 7.19. The van der Waals surface area contributed by atoms with Gasteiger partial charge in [0.15, 0.2) is 5.78 Å². The summed E-state index contributed by atoms with van der Waals surface area (Å²) in [5.41, 5.74) is -0.663. The molecule has 2 bridgehead atoms. The molecule has 2 saturated heterocycles. The lowest BCUT2D eigenvalue weighted by Gasteiger charge is -2.29. The fourth-order valence-corrected chi connectivity index (χ4v) is 4.89. The van der Waals surface area contributed by atoms with E-state index in [1.807, 2.05) is 0 Å². The van der Waals surface area contributed by atoms with E-state index in [-0.39, 0.29) is 37.8 Å². The first kappa shape index (κ1) is 25.2. The molecule has 186 valence electrons. The number of nitrogens with zero attached hydrogens (tertiary/aromatic N) is 2. The Bertz CT molecular complexity index is 917. The van der Waals surface area contributed by atoms with Crippen molar-refractivity contribution in [1.29, 1.82) is 0 Å². The molecule has 3 rings (SSSR count). The van der Waals surface area contributed by atoms with Crippen LogP contribution in [0.25, 0.3) is 0 Å². The Morgan fingerprint density at radius 1 is 1.15 bits per heavy atom. The van der Waals surface area contributed by atoms with Crippen molar-refractivity contribution in [2.45, 2.75) is 76.6 Å². The smallest absolute Gasteiger partial charge is 0.418 e. The van der Waals surface area contributed by atoms with Gasteiger partial charge >= 0.3 is 22.5 Å². The minimum absolute atomic E-state index is 0.0604. The average molecular weight is 491 g/mol. The van der Waals surface area contributed by atoms with Crippen molar-refractivity contribution < 1.29 is 41.2 Å². The van der Waals surface area contributed by atoms with Crippen LogP contribution in [0.3, 0.4) is 0 Å². The highest BCUT2D eigenvalue weighted by Gasteiger charge is 2.49. The van der Waals surface area contributed by atoms with Crippen molar-refractivity contribution in [3.63, 3.8) is 0 Å². The van der Waals surface area contributed by atoms with Crippen molar-refractivity contribution in [2.24, 2.45) is 5.92 Å². The van der Waals surface area contributed by atoms with Crippen molar-refractivity contribution >= 4 is 34.2 Å². The number of hydrogen-bond donors (Lipinski definition) is 3. The number of alkyl carbamates (subject to hydrolysis) is 1. The molecule has 3 N–H and O–H groups in total. The van der Waals surface area contributed by atoms with E-state index >= 15 is 0 Å². The van der Waals surface area contributed by atoms with E-state index in [2.05, 4.69) is 14.9 Å². The third-order valence-electron chi connectivity index (χ3n) is 5.87. The molecule has 1 aliphatic carbocycles.